The topological polar surface area (TPSA) is 62.6 Å². The van der Waals surface area contributed by atoms with Gasteiger partial charge < -0.3 is 9.47 Å². The highest BCUT2D eigenvalue weighted by molar-refractivity contribution is 7.89. The number of aryl methyl sites for hydroxylation is 1. The zero-order valence-electron chi connectivity index (χ0n) is 17.3. The molecule has 1 heterocycles. The molecule has 6 nitrogen and oxygen atoms in total. The molecule has 0 aliphatic heterocycles. The molecule has 29 heavy (non-hydrogen) atoms. The predicted octanol–water partition coefficient (Wildman–Crippen LogP) is 4.07. The van der Waals surface area contributed by atoms with Gasteiger partial charge in [-0.15, -0.1) is 0 Å². The van der Waals surface area contributed by atoms with Gasteiger partial charge in [-0.3, -0.25) is 4.79 Å². The molecule has 1 aromatic carbocycles. The number of nitrogens with zero attached hydrogens (tertiary/aromatic N) is 3. The van der Waals surface area contributed by atoms with Crippen LogP contribution >= 0.6 is 11.6 Å². The summed E-state index contributed by atoms with van der Waals surface area (Å²) in [7, 11) is -1.90. The van der Waals surface area contributed by atoms with Crippen molar-refractivity contribution in [3.8, 4) is 0 Å². The second-order valence-electron chi connectivity index (χ2n) is 7.43. The normalized spacial score (nSPS) is 15.5. The van der Waals surface area contributed by atoms with Crippen molar-refractivity contribution in [1.82, 2.24) is 13.8 Å². The maximum Gasteiger partial charge on any atom is 0.271 e. The monoisotopic (exact) mass is 437 g/mol. The number of halogens is 1. The third-order valence-corrected chi connectivity index (χ3v) is 7.75. The average Bonchev–Trinajstić information content (AvgIpc) is 3.43. The van der Waals surface area contributed by atoms with Crippen LogP contribution in [0.25, 0.3) is 0 Å². The van der Waals surface area contributed by atoms with Gasteiger partial charge in [-0.05, 0) is 43.5 Å². The molecule has 0 N–H and O–H groups in total. The van der Waals surface area contributed by atoms with Crippen LogP contribution in [0, 0.1) is 0 Å². The Morgan fingerprint density at radius 2 is 1.79 bits per heavy atom. The predicted molar refractivity (Wildman–Crippen MR) is 115 cm³/mol. The first-order valence-corrected chi connectivity index (χ1v) is 11.8. The van der Waals surface area contributed by atoms with Gasteiger partial charge in [-0.1, -0.05) is 37.6 Å². The van der Waals surface area contributed by atoms with Crippen molar-refractivity contribution in [2.75, 3.05) is 13.1 Å². The molecule has 0 saturated heterocycles. The summed E-state index contributed by atoms with van der Waals surface area (Å²) in [6.45, 7) is 6.38. The molecule has 2 aromatic rings. The fourth-order valence-electron chi connectivity index (χ4n) is 3.65. The Kier molecular flexibility index (Phi) is 6.41. The fraction of sp³-hybridized carbons (Fsp3) is 0.476. The lowest BCUT2D eigenvalue weighted by atomic mass is 10.1. The summed E-state index contributed by atoms with van der Waals surface area (Å²) in [5.74, 6) is -0.154. The van der Waals surface area contributed by atoms with E-state index in [1.54, 1.807) is 25.5 Å². The lowest BCUT2D eigenvalue weighted by Crippen LogP contribution is -2.36. The van der Waals surface area contributed by atoms with E-state index in [1.165, 1.54) is 16.6 Å². The molecule has 0 spiro atoms. The summed E-state index contributed by atoms with van der Waals surface area (Å²) in [6.07, 6.45) is 3.44. The molecule has 8 heteroatoms. The number of rotatable bonds is 8. The molecule has 1 fully saturated rings. The summed E-state index contributed by atoms with van der Waals surface area (Å²) in [6, 6.07) is 9.03. The summed E-state index contributed by atoms with van der Waals surface area (Å²) < 4.78 is 28.7. The van der Waals surface area contributed by atoms with E-state index in [0.29, 0.717) is 23.8 Å². The Balaban J connectivity index is 1.94. The van der Waals surface area contributed by atoms with E-state index in [2.05, 4.69) is 0 Å². The van der Waals surface area contributed by atoms with Crippen molar-refractivity contribution in [2.24, 2.45) is 7.05 Å². The summed E-state index contributed by atoms with van der Waals surface area (Å²) in [5.41, 5.74) is 1.38. The van der Waals surface area contributed by atoms with Crippen molar-refractivity contribution < 1.29 is 13.2 Å². The van der Waals surface area contributed by atoms with E-state index >= 15 is 0 Å². The molecule has 1 aliphatic carbocycles. The molecule has 1 atom stereocenters. The van der Waals surface area contributed by atoms with Gasteiger partial charge in [-0.25, -0.2) is 8.42 Å². The van der Waals surface area contributed by atoms with E-state index in [0.717, 1.165) is 18.4 Å². The Morgan fingerprint density at radius 3 is 2.31 bits per heavy atom. The molecular formula is C21H28ClN3O3S. The van der Waals surface area contributed by atoms with Crippen LogP contribution in [0.2, 0.25) is 5.02 Å². The van der Waals surface area contributed by atoms with Crippen LogP contribution in [0.1, 0.15) is 55.7 Å². The van der Waals surface area contributed by atoms with Crippen LogP contribution < -0.4 is 0 Å². The molecule has 0 radical (unpaired) electrons. The Labute approximate surface area is 178 Å². The zero-order chi connectivity index (χ0) is 21.3. The zero-order valence-corrected chi connectivity index (χ0v) is 18.9. The average molecular weight is 438 g/mol. The molecule has 1 amide bonds. The lowest BCUT2D eigenvalue weighted by Gasteiger charge is -2.30. The standard InChI is InChI=1S/C21H28ClN3O3S/c1-5-24(6-2)29(27,28)19-13-20(23(4)14-19)21(26)25(18-11-12-18)15(3)16-7-9-17(22)10-8-16/h7-10,13-15,18H,5-6,11-12H2,1-4H3/t15-/m1/s1. The van der Waals surface area contributed by atoms with E-state index < -0.39 is 10.0 Å². The lowest BCUT2D eigenvalue weighted by molar-refractivity contribution is 0.0664. The highest BCUT2D eigenvalue weighted by Gasteiger charge is 2.38. The summed E-state index contributed by atoms with van der Waals surface area (Å²) in [5, 5.41) is 0.652. The van der Waals surface area contributed by atoms with E-state index in [4.69, 9.17) is 11.6 Å². The van der Waals surface area contributed by atoms with Gasteiger partial charge >= 0.3 is 0 Å². The van der Waals surface area contributed by atoms with Crippen LogP contribution in [-0.2, 0) is 17.1 Å². The number of aromatic nitrogens is 1. The number of carbonyl (C=O) groups is 1. The number of hydrogen-bond donors (Lipinski definition) is 0. The SMILES string of the molecule is CCN(CC)S(=O)(=O)c1cc(C(=O)N(C2CC2)[C@H](C)c2ccc(Cl)cc2)n(C)c1. The van der Waals surface area contributed by atoms with Gasteiger partial charge in [0.15, 0.2) is 0 Å². The number of carbonyl (C=O) groups excluding carboxylic acids is 1. The van der Waals surface area contributed by atoms with Crippen molar-refractivity contribution in [2.45, 2.75) is 50.6 Å². The number of hydrogen-bond acceptors (Lipinski definition) is 3. The van der Waals surface area contributed by atoms with Gasteiger partial charge in [0, 0.05) is 37.4 Å². The second kappa shape index (κ2) is 8.50. The molecular weight excluding hydrogens is 410 g/mol. The molecule has 1 aromatic heterocycles. The first kappa shape index (κ1) is 21.9. The third-order valence-electron chi connectivity index (χ3n) is 5.49. The van der Waals surface area contributed by atoms with Crippen LogP contribution in [0.4, 0.5) is 0 Å². The molecule has 1 saturated carbocycles. The van der Waals surface area contributed by atoms with Crippen LogP contribution in [-0.4, -0.2) is 47.2 Å². The minimum absolute atomic E-state index is 0.134. The smallest absolute Gasteiger partial charge is 0.271 e. The highest BCUT2D eigenvalue weighted by Crippen LogP contribution is 2.36. The Bertz CT molecular complexity index is 977. The van der Waals surface area contributed by atoms with Gasteiger partial charge in [0.2, 0.25) is 10.0 Å². The Morgan fingerprint density at radius 1 is 1.21 bits per heavy atom. The Hall–Kier alpha value is -1.83. The summed E-state index contributed by atoms with van der Waals surface area (Å²) in [4.78, 5) is 15.5. The van der Waals surface area contributed by atoms with E-state index in [9.17, 15) is 13.2 Å². The molecule has 0 bridgehead atoms. The van der Waals surface area contributed by atoms with Crippen LogP contribution in [0.15, 0.2) is 41.4 Å². The van der Waals surface area contributed by atoms with Gasteiger partial charge in [0.25, 0.3) is 5.91 Å². The van der Waals surface area contributed by atoms with Gasteiger partial charge in [-0.2, -0.15) is 4.31 Å². The van der Waals surface area contributed by atoms with Crippen molar-refractivity contribution >= 4 is 27.5 Å². The minimum atomic E-state index is -3.62. The third kappa shape index (κ3) is 4.37. The summed E-state index contributed by atoms with van der Waals surface area (Å²) >= 11 is 6.00. The quantitative estimate of drug-likeness (QED) is 0.625. The fourth-order valence-corrected chi connectivity index (χ4v) is 5.30. The second-order valence-corrected chi connectivity index (χ2v) is 9.81. The first-order valence-electron chi connectivity index (χ1n) is 9.95. The van der Waals surface area contributed by atoms with Crippen molar-refractivity contribution in [3.63, 3.8) is 0 Å². The van der Waals surface area contributed by atoms with Crippen molar-refractivity contribution in [3.05, 3.63) is 52.8 Å². The molecule has 1 aliphatic rings. The van der Waals surface area contributed by atoms with Crippen LogP contribution in [0.5, 0.6) is 0 Å². The van der Waals surface area contributed by atoms with Crippen molar-refractivity contribution in [1.29, 1.82) is 0 Å². The van der Waals surface area contributed by atoms with E-state index in [-0.39, 0.29) is 22.9 Å². The van der Waals surface area contributed by atoms with Gasteiger partial charge in [0.1, 0.15) is 10.6 Å². The number of amides is 1. The van der Waals surface area contributed by atoms with E-state index in [1.807, 2.05) is 36.1 Å². The first-order chi connectivity index (χ1) is 13.7. The minimum Gasteiger partial charge on any atom is -0.345 e. The largest absolute Gasteiger partial charge is 0.345 e. The number of benzene rings is 1. The van der Waals surface area contributed by atoms with Gasteiger partial charge in [0.05, 0.1) is 6.04 Å². The maximum atomic E-state index is 13.4. The maximum absolute atomic E-state index is 13.4. The molecule has 0 unspecified atom stereocenters. The molecule has 3 rings (SSSR count). The highest BCUT2D eigenvalue weighted by atomic mass is 35.5. The number of sulfonamides is 1. The van der Waals surface area contributed by atoms with Crippen LogP contribution in [0.3, 0.4) is 0 Å². The molecule has 158 valence electrons.